The van der Waals surface area contributed by atoms with Gasteiger partial charge in [0.2, 0.25) is 5.88 Å². The zero-order valence-corrected chi connectivity index (χ0v) is 19.2. The normalized spacial score (nSPS) is 11.0. The average molecular weight is 470 g/mol. The molecule has 0 spiro atoms. The molecule has 3 aromatic heterocycles. The van der Waals surface area contributed by atoms with Gasteiger partial charge in [-0.2, -0.15) is 0 Å². The average Bonchev–Trinajstić information content (AvgIpc) is 3.54. The second-order valence-corrected chi connectivity index (χ2v) is 7.93. The van der Waals surface area contributed by atoms with E-state index in [9.17, 15) is 9.90 Å². The van der Waals surface area contributed by atoms with Gasteiger partial charge < -0.3 is 24.7 Å². The first-order valence-corrected chi connectivity index (χ1v) is 11.1. The van der Waals surface area contributed by atoms with Crippen LogP contribution in [0.4, 0.5) is 0 Å². The van der Waals surface area contributed by atoms with Crippen LogP contribution in [0.2, 0.25) is 0 Å². The van der Waals surface area contributed by atoms with Crippen LogP contribution in [0.3, 0.4) is 0 Å². The summed E-state index contributed by atoms with van der Waals surface area (Å²) in [5.74, 6) is 1.39. The minimum atomic E-state index is -0.251. The molecular formula is C26H23N5O4. The van der Waals surface area contributed by atoms with Gasteiger partial charge in [0, 0.05) is 23.4 Å². The molecule has 0 aliphatic heterocycles. The number of aromatic nitrogens is 4. The van der Waals surface area contributed by atoms with Crippen LogP contribution in [0, 0.1) is 0 Å². The first-order chi connectivity index (χ1) is 17.1. The lowest BCUT2D eigenvalue weighted by Crippen LogP contribution is -2.22. The standard InChI is InChI=1S/C26H23N5O4/c1-3-17-13-18(35-31-17)14-28-25(33)16-6-8-21-22(12-16)30-24(29-21)20-11-15(7-9-23(20)32)19-5-4-10-27-26(19)34-2/h4-13,32H,3,14H2,1-2H3,(H,28,33)(H,29,30). The van der Waals surface area contributed by atoms with Crippen molar-refractivity contribution >= 4 is 16.9 Å². The van der Waals surface area contributed by atoms with E-state index in [1.165, 1.54) is 0 Å². The molecule has 176 valence electrons. The summed E-state index contributed by atoms with van der Waals surface area (Å²) >= 11 is 0. The highest BCUT2D eigenvalue weighted by Gasteiger charge is 2.15. The number of imidazole rings is 1. The number of hydrogen-bond donors (Lipinski definition) is 3. The Bertz CT molecular complexity index is 1520. The maximum atomic E-state index is 12.7. The number of rotatable bonds is 7. The number of benzene rings is 2. The topological polar surface area (TPSA) is 126 Å². The van der Waals surface area contributed by atoms with Crippen molar-refractivity contribution in [1.82, 2.24) is 25.4 Å². The van der Waals surface area contributed by atoms with E-state index in [0.717, 1.165) is 28.8 Å². The van der Waals surface area contributed by atoms with Crippen molar-refractivity contribution in [1.29, 1.82) is 0 Å². The summed E-state index contributed by atoms with van der Waals surface area (Å²) in [6.07, 6.45) is 2.43. The monoisotopic (exact) mass is 469 g/mol. The Labute approximate surface area is 200 Å². The Morgan fingerprint density at radius 2 is 2.03 bits per heavy atom. The lowest BCUT2D eigenvalue weighted by Gasteiger charge is -2.09. The molecular weight excluding hydrogens is 446 g/mol. The Morgan fingerprint density at radius 1 is 1.14 bits per heavy atom. The summed E-state index contributed by atoms with van der Waals surface area (Å²) < 4.78 is 10.6. The number of aryl methyl sites for hydroxylation is 1. The number of amides is 1. The molecule has 0 aliphatic carbocycles. The lowest BCUT2D eigenvalue weighted by molar-refractivity contribution is 0.0947. The molecule has 3 heterocycles. The van der Waals surface area contributed by atoms with E-state index >= 15 is 0 Å². The molecule has 0 saturated heterocycles. The van der Waals surface area contributed by atoms with Gasteiger partial charge >= 0.3 is 0 Å². The van der Waals surface area contributed by atoms with E-state index in [1.54, 1.807) is 43.6 Å². The Hall–Kier alpha value is -4.66. The summed E-state index contributed by atoms with van der Waals surface area (Å²) in [5.41, 5.74) is 4.78. The molecule has 9 heteroatoms. The number of carbonyl (C=O) groups excluding carboxylic acids is 1. The van der Waals surface area contributed by atoms with Gasteiger partial charge in [-0.1, -0.05) is 18.1 Å². The SMILES string of the molecule is CCc1cc(CNC(=O)c2ccc3[nH]c(-c4cc(-c5cccnc5OC)ccc4O)nc3c2)on1. The number of nitrogens with one attached hydrogen (secondary N) is 2. The highest BCUT2D eigenvalue weighted by molar-refractivity contribution is 5.97. The largest absolute Gasteiger partial charge is 0.507 e. The minimum absolute atomic E-state index is 0.0761. The van der Waals surface area contributed by atoms with E-state index in [2.05, 4.69) is 25.4 Å². The second kappa shape index (κ2) is 9.30. The van der Waals surface area contributed by atoms with Crippen molar-refractivity contribution in [3.8, 4) is 34.1 Å². The number of carbonyl (C=O) groups is 1. The predicted octanol–water partition coefficient (Wildman–Crippen LogP) is 4.49. The number of fused-ring (bicyclic) bond motifs is 1. The molecule has 0 saturated carbocycles. The third kappa shape index (κ3) is 4.43. The molecule has 9 nitrogen and oxygen atoms in total. The molecule has 0 unspecified atom stereocenters. The predicted molar refractivity (Wildman–Crippen MR) is 130 cm³/mol. The first kappa shape index (κ1) is 22.1. The van der Waals surface area contributed by atoms with Crippen molar-refractivity contribution in [2.45, 2.75) is 19.9 Å². The summed E-state index contributed by atoms with van der Waals surface area (Å²) in [7, 11) is 1.56. The molecule has 1 amide bonds. The van der Waals surface area contributed by atoms with Crippen LogP contribution in [0.5, 0.6) is 11.6 Å². The van der Waals surface area contributed by atoms with E-state index in [0.29, 0.717) is 34.1 Å². The number of H-pyrrole nitrogens is 1. The third-order valence-electron chi connectivity index (χ3n) is 5.67. The van der Waals surface area contributed by atoms with Gasteiger partial charge in [-0.15, -0.1) is 0 Å². The van der Waals surface area contributed by atoms with Crippen LogP contribution in [-0.2, 0) is 13.0 Å². The van der Waals surface area contributed by atoms with Crippen LogP contribution < -0.4 is 10.1 Å². The quantitative estimate of drug-likeness (QED) is 0.321. The van der Waals surface area contributed by atoms with Crippen molar-refractivity contribution in [3.63, 3.8) is 0 Å². The Morgan fingerprint density at radius 3 is 2.83 bits per heavy atom. The van der Waals surface area contributed by atoms with Crippen molar-refractivity contribution in [3.05, 3.63) is 77.8 Å². The zero-order valence-electron chi connectivity index (χ0n) is 19.2. The number of methoxy groups -OCH3 is 1. The van der Waals surface area contributed by atoms with Crippen molar-refractivity contribution in [2.75, 3.05) is 7.11 Å². The fraction of sp³-hybridized carbons (Fsp3) is 0.154. The van der Waals surface area contributed by atoms with Crippen molar-refractivity contribution < 1.29 is 19.2 Å². The van der Waals surface area contributed by atoms with Gasteiger partial charge in [0.25, 0.3) is 5.91 Å². The molecule has 0 bridgehead atoms. The number of phenols is 1. The van der Waals surface area contributed by atoms with Gasteiger partial charge in [0.15, 0.2) is 5.76 Å². The van der Waals surface area contributed by atoms with E-state index in [1.807, 2.05) is 31.2 Å². The summed E-state index contributed by atoms with van der Waals surface area (Å²) in [6.45, 7) is 2.23. The van der Waals surface area contributed by atoms with Crippen LogP contribution in [0.1, 0.15) is 28.7 Å². The first-order valence-electron chi connectivity index (χ1n) is 11.1. The highest BCUT2D eigenvalue weighted by Crippen LogP contribution is 2.35. The summed E-state index contributed by atoms with van der Waals surface area (Å²) in [5, 5.41) is 17.3. The van der Waals surface area contributed by atoms with Gasteiger partial charge in [-0.25, -0.2) is 9.97 Å². The Balaban J connectivity index is 1.41. The number of aromatic hydroxyl groups is 1. The lowest BCUT2D eigenvalue weighted by atomic mass is 10.0. The molecule has 2 aromatic carbocycles. The maximum Gasteiger partial charge on any atom is 0.251 e. The number of nitrogens with zero attached hydrogens (tertiary/aromatic N) is 3. The molecule has 0 fully saturated rings. The Kier molecular flexibility index (Phi) is 5.88. The third-order valence-corrected chi connectivity index (χ3v) is 5.67. The summed E-state index contributed by atoms with van der Waals surface area (Å²) in [4.78, 5) is 24.8. The number of pyridine rings is 1. The molecule has 35 heavy (non-hydrogen) atoms. The summed E-state index contributed by atoms with van der Waals surface area (Å²) in [6, 6.07) is 16.0. The van der Waals surface area contributed by atoms with Gasteiger partial charge in [0.05, 0.1) is 35.9 Å². The zero-order chi connectivity index (χ0) is 24.4. The molecule has 0 radical (unpaired) electrons. The number of ether oxygens (including phenoxy) is 1. The molecule has 0 aliphatic rings. The van der Waals surface area contributed by atoms with Crippen LogP contribution >= 0.6 is 0 Å². The smallest absolute Gasteiger partial charge is 0.251 e. The fourth-order valence-corrected chi connectivity index (χ4v) is 3.82. The van der Waals surface area contributed by atoms with E-state index in [4.69, 9.17) is 9.26 Å². The molecule has 0 atom stereocenters. The van der Waals surface area contributed by atoms with Crippen molar-refractivity contribution in [2.24, 2.45) is 0 Å². The molecule has 5 aromatic rings. The number of phenolic OH excluding ortho intramolecular Hbond substituents is 1. The van der Waals surface area contributed by atoms with Gasteiger partial charge in [0.1, 0.15) is 11.6 Å². The minimum Gasteiger partial charge on any atom is -0.507 e. The maximum absolute atomic E-state index is 12.7. The second-order valence-electron chi connectivity index (χ2n) is 7.93. The number of aromatic amines is 1. The van der Waals surface area contributed by atoms with Crippen LogP contribution in [0.15, 0.2) is 65.3 Å². The molecule has 3 N–H and O–H groups in total. The van der Waals surface area contributed by atoms with Crippen LogP contribution in [0.25, 0.3) is 33.5 Å². The number of hydrogen-bond acceptors (Lipinski definition) is 7. The van der Waals surface area contributed by atoms with Gasteiger partial charge in [-0.05, 0) is 54.4 Å². The van der Waals surface area contributed by atoms with E-state index in [-0.39, 0.29) is 18.2 Å². The molecule has 5 rings (SSSR count). The van der Waals surface area contributed by atoms with Gasteiger partial charge in [-0.3, -0.25) is 4.79 Å². The fourth-order valence-electron chi connectivity index (χ4n) is 3.82. The van der Waals surface area contributed by atoms with E-state index < -0.39 is 0 Å². The highest BCUT2D eigenvalue weighted by atomic mass is 16.5. The van der Waals surface area contributed by atoms with Crippen LogP contribution in [-0.4, -0.2) is 38.2 Å².